The van der Waals surface area contributed by atoms with Gasteiger partial charge >= 0.3 is 18.2 Å². The number of para-hydroxylation sites is 1. The van der Waals surface area contributed by atoms with Crippen molar-refractivity contribution in [2.24, 2.45) is 0 Å². The Kier molecular flexibility index (Phi) is 11.8. The van der Waals surface area contributed by atoms with Crippen LogP contribution in [0, 0.1) is 6.92 Å². The SMILES string of the molecule is Cc1ccccc1NC(=O)Nc1ccc(CC(=O)Nc2ccc(CC(NC(=O)[C@]3(C)CCCN3S(=O)(=O)c3cccc(C(F)(F)F)c3)C(=O)O)cc2)cc1. The van der Waals surface area contributed by atoms with Gasteiger partial charge in [0.25, 0.3) is 0 Å². The van der Waals surface area contributed by atoms with E-state index in [9.17, 15) is 45.9 Å². The van der Waals surface area contributed by atoms with Gasteiger partial charge in [0.1, 0.15) is 11.6 Å². The third-order valence-electron chi connectivity index (χ3n) is 9.06. The maximum atomic E-state index is 13.5. The number of hydrogen-bond donors (Lipinski definition) is 5. The van der Waals surface area contributed by atoms with Crippen LogP contribution < -0.4 is 21.3 Å². The fourth-order valence-corrected chi connectivity index (χ4v) is 7.93. The maximum absolute atomic E-state index is 13.5. The van der Waals surface area contributed by atoms with Crippen LogP contribution in [0.1, 0.15) is 42.0 Å². The zero-order valence-electron chi connectivity index (χ0n) is 29.2. The second-order valence-corrected chi connectivity index (χ2v) is 14.9. The molecule has 54 heavy (non-hydrogen) atoms. The molecule has 5 rings (SSSR count). The van der Waals surface area contributed by atoms with Crippen LogP contribution in [0.15, 0.2) is 102 Å². The van der Waals surface area contributed by atoms with Crippen molar-refractivity contribution in [2.45, 2.75) is 62.2 Å². The summed E-state index contributed by atoms with van der Waals surface area (Å²) in [6.45, 7) is 3.04. The minimum absolute atomic E-state index is 0.0183. The number of carbonyl (C=O) groups is 4. The average Bonchev–Trinajstić information content (AvgIpc) is 3.54. The predicted molar refractivity (Wildman–Crippen MR) is 195 cm³/mol. The van der Waals surface area contributed by atoms with Crippen molar-refractivity contribution < 1.29 is 45.9 Å². The number of anilines is 3. The van der Waals surface area contributed by atoms with E-state index in [2.05, 4.69) is 21.3 Å². The molecule has 5 N–H and O–H groups in total. The van der Waals surface area contributed by atoms with Gasteiger partial charge in [-0.25, -0.2) is 18.0 Å². The number of aryl methyl sites for hydroxylation is 1. The molecule has 1 heterocycles. The van der Waals surface area contributed by atoms with Crippen LogP contribution in [0.25, 0.3) is 0 Å². The second kappa shape index (κ2) is 16.1. The number of carboxylic acids is 1. The van der Waals surface area contributed by atoms with E-state index in [1.807, 2.05) is 25.1 Å². The number of sulfonamides is 1. The number of carbonyl (C=O) groups excluding carboxylic acids is 3. The molecule has 1 aliphatic heterocycles. The Labute approximate surface area is 309 Å². The van der Waals surface area contributed by atoms with Crippen LogP contribution in [0.3, 0.4) is 0 Å². The first-order valence-corrected chi connectivity index (χ1v) is 18.2. The van der Waals surface area contributed by atoms with E-state index in [0.29, 0.717) is 34.3 Å². The van der Waals surface area contributed by atoms with Gasteiger partial charge in [-0.15, -0.1) is 0 Å². The van der Waals surface area contributed by atoms with Crippen LogP contribution in [-0.4, -0.2) is 59.8 Å². The highest BCUT2D eigenvalue weighted by Crippen LogP contribution is 2.37. The van der Waals surface area contributed by atoms with E-state index in [4.69, 9.17) is 0 Å². The number of hydrogen-bond acceptors (Lipinski definition) is 6. The molecule has 0 aromatic heterocycles. The number of nitrogens with one attached hydrogen (secondary N) is 4. The molecule has 1 saturated heterocycles. The molecule has 4 amide bonds. The molecule has 284 valence electrons. The van der Waals surface area contributed by atoms with Crippen LogP contribution in [0.5, 0.6) is 0 Å². The number of alkyl halides is 3. The van der Waals surface area contributed by atoms with Crippen molar-refractivity contribution in [1.29, 1.82) is 0 Å². The maximum Gasteiger partial charge on any atom is 0.416 e. The molecule has 0 spiro atoms. The Balaban J connectivity index is 1.16. The standard InChI is InChI=1S/C38H38F3N5O7S/c1-24-7-3-4-10-31(24)45-36(51)43-29-17-13-26(14-18-29)22-33(47)42-28-15-11-25(12-16-28)21-32(34(48)49)44-35(50)37(2)19-6-20-46(37)54(52,53)30-9-5-8-27(23-30)38(39,40)41/h3-5,7-18,23,32H,6,19-22H2,1-2H3,(H,42,47)(H,44,50)(H,48,49)(H2,43,45,51)/t32?,37-/m0/s1. The van der Waals surface area contributed by atoms with Gasteiger partial charge in [0.2, 0.25) is 21.8 Å². The summed E-state index contributed by atoms with van der Waals surface area (Å²) in [5.74, 6) is -2.62. The monoisotopic (exact) mass is 765 g/mol. The Bertz CT molecular complexity index is 2150. The molecule has 0 saturated carbocycles. The van der Waals surface area contributed by atoms with E-state index in [1.54, 1.807) is 54.6 Å². The molecule has 16 heteroatoms. The van der Waals surface area contributed by atoms with E-state index >= 15 is 0 Å². The summed E-state index contributed by atoms with van der Waals surface area (Å²) < 4.78 is 67.7. The number of nitrogens with zero attached hydrogens (tertiary/aromatic N) is 1. The highest BCUT2D eigenvalue weighted by molar-refractivity contribution is 7.89. The Hall–Kier alpha value is -5.74. The number of benzene rings is 4. The van der Waals surface area contributed by atoms with E-state index in [-0.39, 0.29) is 38.1 Å². The first-order chi connectivity index (χ1) is 25.5. The third kappa shape index (κ3) is 9.43. The second-order valence-electron chi connectivity index (χ2n) is 13.1. The quantitative estimate of drug-likeness (QED) is 0.114. The zero-order chi connectivity index (χ0) is 39.3. The lowest BCUT2D eigenvalue weighted by Gasteiger charge is -2.34. The predicted octanol–water partition coefficient (Wildman–Crippen LogP) is 6.19. The molecule has 0 bridgehead atoms. The van der Waals surface area contributed by atoms with E-state index in [0.717, 1.165) is 28.1 Å². The first kappa shape index (κ1) is 39.5. The van der Waals surface area contributed by atoms with Gasteiger partial charge < -0.3 is 26.4 Å². The summed E-state index contributed by atoms with van der Waals surface area (Å²) >= 11 is 0. The molecule has 1 unspecified atom stereocenters. The molecule has 0 radical (unpaired) electrons. The van der Waals surface area contributed by atoms with Gasteiger partial charge in [-0.1, -0.05) is 48.5 Å². The lowest BCUT2D eigenvalue weighted by molar-refractivity contribution is -0.143. The van der Waals surface area contributed by atoms with Gasteiger partial charge in [-0.3, -0.25) is 9.59 Å². The summed E-state index contributed by atoms with van der Waals surface area (Å²) in [6, 6.07) is 21.7. The van der Waals surface area contributed by atoms with Crippen LogP contribution in [0.2, 0.25) is 0 Å². The molecular weight excluding hydrogens is 728 g/mol. The molecule has 12 nitrogen and oxygen atoms in total. The van der Waals surface area contributed by atoms with Crippen LogP contribution in [-0.2, 0) is 43.4 Å². The van der Waals surface area contributed by atoms with Crippen molar-refractivity contribution >= 4 is 50.9 Å². The largest absolute Gasteiger partial charge is 0.480 e. The van der Waals surface area contributed by atoms with Crippen molar-refractivity contribution in [3.05, 3.63) is 119 Å². The van der Waals surface area contributed by atoms with Gasteiger partial charge in [-0.05, 0) is 91.9 Å². The molecule has 1 fully saturated rings. The van der Waals surface area contributed by atoms with Crippen molar-refractivity contribution in [3.8, 4) is 0 Å². The lowest BCUT2D eigenvalue weighted by atomic mass is 9.97. The smallest absolute Gasteiger partial charge is 0.416 e. The number of amides is 4. The minimum atomic E-state index is -4.79. The van der Waals surface area contributed by atoms with Crippen molar-refractivity contribution in [2.75, 3.05) is 22.5 Å². The fraction of sp³-hybridized carbons (Fsp3) is 0.263. The lowest BCUT2D eigenvalue weighted by Crippen LogP contribution is -2.58. The molecule has 0 aliphatic carbocycles. The van der Waals surface area contributed by atoms with Gasteiger partial charge in [0.15, 0.2) is 0 Å². The molecule has 2 atom stereocenters. The Morgan fingerprint density at radius 3 is 2.11 bits per heavy atom. The third-order valence-corrected chi connectivity index (χ3v) is 11.1. The molecule has 4 aromatic carbocycles. The normalized spacial score (nSPS) is 16.6. The van der Waals surface area contributed by atoms with Crippen molar-refractivity contribution in [3.63, 3.8) is 0 Å². The summed E-state index contributed by atoms with van der Waals surface area (Å²) in [5.41, 5.74) is 0.812. The minimum Gasteiger partial charge on any atom is -0.480 e. The Morgan fingerprint density at radius 1 is 0.852 bits per heavy atom. The highest BCUT2D eigenvalue weighted by atomic mass is 32.2. The number of rotatable bonds is 12. The van der Waals surface area contributed by atoms with Crippen LogP contribution >= 0.6 is 0 Å². The van der Waals surface area contributed by atoms with Crippen LogP contribution in [0.4, 0.5) is 35.0 Å². The molecule has 4 aromatic rings. The number of carboxylic acid groups (broad SMARTS) is 1. The number of halogens is 3. The summed E-state index contributed by atoms with van der Waals surface area (Å²) in [5, 5.41) is 20.6. The summed E-state index contributed by atoms with van der Waals surface area (Å²) in [7, 11) is -4.57. The fourth-order valence-electron chi connectivity index (χ4n) is 6.08. The van der Waals surface area contributed by atoms with Gasteiger partial charge in [0, 0.05) is 30.0 Å². The molecule has 1 aliphatic rings. The first-order valence-electron chi connectivity index (χ1n) is 16.8. The van der Waals surface area contributed by atoms with Crippen molar-refractivity contribution in [1.82, 2.24) is 9.62 Å². The molecular formula is C38H38F3N5O7S. The van der Waals surface area contributed by atoms with Gasteiger partial charge in [-0.2, -0.15) is 17.5 Å². The number of urea groups is 1. The highest BCUT2D eigenvalue weighted by Gasteiger charge is 2.50. The average molecular weight is 766 g/mol. The van der Waals surface area contributed by atoms with E-state index in [1.165, 1.54) is 6.92 Å². The Morgan fingerprint density at radius 2 is 1.48 bits per heavy atom. The van der Waals surface area contributed by atoms with E-state index < -0.39 is 56.1 Å². The summed E-state index contributed by atoms with van der Waals surface area (Å²) in [6.07, 6.45) is -4.70. The summed E-state index contributed by atoms with van der Waals surface area (Å²) in [4.78, 5) is 50.2. The zero-order valence-corrected chi connectivity index (χ0v) is 30.1. The van der Waals surface area contributed by atoms with Gasteiger partial charge in [0.05, 0.1) is 16.9 Å². The number of aliphatic carboxylic acids is 1. The topological polar surface area (TPSA) is 174 Å².